The molecule has 0 heterocycles. The number of rotatable bonds is 9. The summed E-state index contributed by atoms with van der Waals surface area (Å²) in [6, 6.07) is 75.7. The average Bonchev–Trinajstić information content (AvgIpc) is 3.39. The van der Waals surface area contributed by atoms with Crippen molar-refractivity contribution in [2.75, 3.05) is 4.90 Å². The van der Waals surface area contributed by atoms with Gasteiger partial charge in [0.2, 0.25) is 0 Å². The van der Waals surface area contributed by atoms with E-state index in [9.17, 15) is 0 Å². The monoisotopic (exact) mass is 899 g/mol. The van der Waals surface area contributed by atoms with E-state index in [0.29, 0.717) is 0 Å². The number of hydrogen-bond acceptors (Lipinski definition) is 1. The van der Waals surface area contributed by atoms with E-state index < -0.39 is 0 Å². The molecule has 12 aromatic rings. The predicted molar refractivity (Wildman–Crippen MR) is 305 cm³/mol. The number of fused-ring (bicyclic) bond motifs is 6. The van der Waals surface area contributed by atoms with Gasteiger partial charge in [0.15, 0.2) is 0 Å². The van der Waals surface area contributed by atoms with Crippen LogP contribution in [0, 0.1) is 20.8 Å². The van der Waals surface area contributed by atoms with Gasteiger partial charge in [-0.1, -0.05) is 160 Å². The Labute approximate surface area is 412 Å². The molecule has 0 atom stereocenters. The molecule has 70 heavy (non-hydrogen) atoms. The Hall–Kier alpha value is -8.00. The smallest absolute Gasteiger partial charge is 0.0494 e. The van der Waals surface area contributed by atoms with Crippen molar-refractivity contribution in [1.82, 2.24) is 0 Å². The van der Waals surface area contributed by atoms with Gasteiger partial charge in [0, 0.05) is 17.1 Å². The van der Waals surface area contributed by atoms with Crippen LogP contribution in [0.15, 0.2) is 200 Å². The zero-order valence-electron chi connectivity index (χ0n) is 41.1. The number of anilines is 3. The van der Waals surface area contributed by atoms with Crippen LogP contribution in [0.5, 0.6) is 0 Å². The van der Waals surface area contributed by atoms with Crippen LogP contribution >= 0.6 is 0 Å². The van der Waals surface area contributed by atoms with Crippen LogP contribution in [0.3, 0.4) is 0 Å². The van der Waals surface area contributed by atoms with E-state index in [-0.39, 0.29) is 0 Å². The maximum absolute atomic E-state index is 2.62. The van der Waals surface area contributed by atoms with Gasteiger partial charge in [-0.15, -0.1) is 0 Å². The SMILES string of the molecule is CCc1cc(N(c2cc(CC)c(-c3c4ccccc4cc4ccccc34)cc2C)c2cc(CC)c(-c3c4ccccc4cc4ccccc34)cc2C)c(C)cc1-c1cccc2cc3ccccc3cc12. The lowest BCUT2D eigenvalue weighted by Crippen LogP contribution is -2.16. The minimum Gasteiger partial charge on any atom is -0.310 e. The van der Waals surface area contributed by atoms with Crippen molar-refractivity contribution in [3.8, 4) is 33.4 Å². The third-order valence-corrected chi connectivity index (χ3v) is 15.2. The highest BCUT2D eigenvalue weighted by Crippen LogP contribution is 2.49. The number of benzene rings is 12. The molecule has 12 aromatic carbocycles. The first-order chi connectivity index (χ1) is 34.3. The third kappa shape index (κ3) is 7.14. The fourth-order valence-corrected chi connectivity index (χ4v) is 11.7. The van der Waals surface area contributed by atoms with E-state index in [1.165, 1.54) is 148 Å². The molecule has 0 fully saturated rings. The average molecular weight is 900 g/mol. The molecule has 0 radical (unpaired) electrons. The van der Waals surface area contributed by atoms with Crippen LogP contribution in [0.2, 0.25) is 0 Å². The summed E-state index contributed by atoms with van der Waals surface area (Å²) in [4.78, 5) is 2.62. The van der Waals surface area contributed by atoms with E-state index in [0.717, 1.165) is 19.3 Å². The Balaban J connectivity index is 1.12. The molecule has 0 aromatic heterocycles. The highest BCUT2D eigenvalue weighted by atomic mass is 15.1. The molecule has 0 spiro atoms. The van der Waals surface area contributed by atoms with Gasteiger partial charge in [-0.2, -0.15) is 0 Å². The zero-order chi connectivity index (χ0) is 47.6. The predicted octanol–water partition coefficient (Wildman–Crippen LogP) is 19.7. The van der Waals surface area contributed by atoms with Crippen LogP contribution < -0.4 is 4.90 Å². The number of hydrogen-bond donors (Lipinski definition) is 0. The molecule has 0 aliphatic rings. The zero-order valence-corrected chi connectivity index (χ0v) is 41.1. The summed E-state index contributed by atoms with van der Waals surface area (Å²) in [6.45, 7) is 13.9. The van der Waals surface area contributed by atoms with E-state index in [1.54, 1.807) is 0 Å². The van der Waals surface area contributed by atoms with E-state index in [1.807, 2.05) is 0 Å². The second-order valence-corrected chi connectivity index (χ2v) is 19.4. The lowest BCUT2D eigenvalue weighted by atomic mass is 9.86. The van der Waals surface area contributed by atoms with Gasteiger partial charge < -0.3 is 4.90 Å². The fourth-order valence-electron chi connectivity index (χ4n) is 11.7. The summed E-state index contributed by atoms with van der Waals surface area (Å²) in [7, 11) is 0. The second-order valence-electron chi connectivity index (χ2n) is 19.4. The molecule has 0 bridgehead atoms. The summed E-state index contributed by atoms with van der Waals surface area (Å²) >= 11 is 0. The quantitative estimate of drug-likeness (QED) is 0.131. The Morgan fingerprint density at radius 1 is 0.271 bits per heavy atom. The lowest BCUT2D eigenvalue weighted by Gasteiger charge is -2.33. The fraction of sp³-hybridized carbons (Fsp3) is 0.130. The van der Waals surface area contributed by atoms with E-state index in [4.69, 9.17) is 0 Å². The standard InChI is InChI=1S/C69H57N/c1-7-46-40-65(43(4)33-61(46)60-32-20-27-55-36-49-21-10-11-22-50(49)39-62(55)60)70(66-41-47(8-2)63(34-44(66)5)68-56-28-16-12-23-51(56)37-52-24-13-17-29-57(52)68)67-42-48(9-3)64(35-45(67)6)69-58-30-18-14-25-53(58)38-54-26-15-19-31-59(54)69/h10-42H,7-9H2,1-6H3. The van der Waals surface area contributed by atoms with Crippen molar-refractivity contribution in [3.05, 3.63) is 234 Å². The highest BCUT2D eigenvalue weighted by Gasteiger charge is 2.26. The minimum absolute atomic E-state index is 0.897. The Morgan fingerprint density at radius 2 is 0.586 bits per heavy atom. The van der Waals surface area contributed by atoms with Crippen LogP contribution in [0.25, 0.3) is 98.0 Å². The van der Waals surface area contributed by atoms with Crippen LogP contribution in [0.1, 0.15) is 54.2 Å². The van der Waals surface area contributed by atoms with E-state index in [2.05, 4.69) is 247 Å². The molecule has 0 N–H and O–H groups in total. The van der Waals surface area contributed by atoms with E-state index >= 15 is 0 Å². The van der Waals surface area contributed by atoms with Gasteiger partial charge in [-0.3, -0.25) is 0 Å². The van der Waals surface area contributed by atoms with Crippen molar-refractivity contribution in [3.63, 3.8) is 0 Å². The molecule has 1 heteroatoms. The highest BCUT2D eigenvalue weighted by molar-refractivity contribution is 6.15. The summed E-state index contributed by atoms with van der Waals surface area (Å²) in [5, 5.41) is 15.3. The van der Waals surface area contributed by atoms with Gasteiger partial charge in [0.05, 0.1) is 0 Å². The molecule has 1 nitrogen and oxygen atoms in total. The van der Waals surface area contributed by atoms with Gasteiger partial charge in [-0.25, -0.2) is 0 Å². The first-order valence-electron chi connectivity index (χ1n) is 25.3. The van der Waals surface area contributed by atoms with Crippen molar-refractivity contribution < 1.29 is 0 Å². The van der Waals surface area contributed by atoms with Gasteiger partial charge in [-0.05, 0) is 232 Å². The number of nitrogens with zero attached hydrogens (tertiary/aromatic N) is 1. The Bertz CT molecular complexity index is 3770. The Morgan fingerprint density at radius 3 is 1.00 bits per heavy atom. The molecule has 0 unspecified atom stereocenters. The molecule has 0 aliphatic carbocycles. The molecule has 0 saturated carbocycles. The summed E-state index contributed by atoms with van der Waals surface area (Å²) in [5.41, 5.74) is 19.2. The molecule has 12 rings (SSSR count). The molecule has 0 aliphatic heterocycles. The largest absolute Gasteiger partial charge is 0.310 e. The summed E-state index contributed by atoms with van der Waals surface area (Å²) in [6.07, 6.45) is 2.70. The van der Waals surface area contributed by atoms with Crippen molar-refractivity contribution in [1.29, 1.82) is 0 Å². The van der Waals surface area contributed by atoms with Crippen LogP contribution in [0.4, 0.5) is 17.1 Å². The maximum atomic E-state index is 2.62. The van der Waals surface area contributed by atoms with Crippen LogP contribution in [-0.4, -0.2) is 0 Å². The lowest BCUT2D eigenvalue weighted by molar-refractivity contribution is 1.10. The first kappa shape index (κ1) is 43.3. The van der Waals surface area contributed by atoms with Crippen molar-refractivity contribution >= 4 is 81.7 Å². The normalized spacial score (nSPS) is 11.7. The molecule has 338 valence electrons. The molecule has 0 saturated heterocycles. The van der Waals surface area contributed by atoms with Gasteiger partial charge >= 0.3 is 0 Å². The van der Waals surface area contributed by atoms with Gasteiger partial charge in [0.25, 0.3) is 0 Å². The molecular formula is C69H57N. The third-order valence-electron chi connectivity index (χ3n) is 15.2. The van der Waals surface area contributed by atoms with Crippen molar-refractivity contribution in [2.45, 2.75) is 60.8 Å². The molecule has 0 amide bonds. The minimum atomic E-state index is 0.897. The first-order valence-corrected chi connectivity index (χ1v) is 25.3. The second kappa shape index (κ2) is 17.5. The Kier molecular flexibility index (Phi) is 10.8. The summed E-state index contributed by atoms with van der Waals surface area (Å²) < 4.78 is 0. The number of aryl methyl sites for hydroxylation is 6. The van der Waals surface area contributed by atoms with Crippen molar-refractivity contribution in [2.24, 2.45) is 0 Å². The topological polar surface area (TPSA) is 3.24 Å². The maximum Gasteiger partial charge on any atom is 0.0494 e. The summed E-state index contributed by atoms with van der Waals surface area (Å²) in [5.74, 6) is 0. The van der Waals surface area contributed by atoms with Crippen LogP contribution in [-0.2, 0) is 19.3 Å². The molecular weight excluding hydrogens is 843 g/mol. The van der Waals surface area contributed by atoms with Gasteiger partial charge in [0.1, 0.15) is 0 Å².